The van der Waals surface area contributed by atoms with Crippen molar-refractivity contribution >= 4 is 5.97 Å². The van der Waals surface area contributed by atoms with Crippen molar-refractivity contribution in [3.05, 3.63) is 60.4 Å². The summed E-state index contributed by atoms with van der Waals surface area (Å²) in [5.41, 5.74) is 0.975. The first kappa shape index (κ1) is 10.5. The average Bonchev–Trinajstić information content (AvgIpc) is 2.80. The lowest BCUT2D eigenvalue weighted by Crippen LogP contribution is -2.26. The molecular weight excluding hydrogens is 202 g/mol. The maximum absolute atomic E-state index is 10.8. The van der Waals surface area contributed by atoms with Crippen molar-refractivity contribution in [2.24, 2.45) is 0 Å². The maximum Gasteiger partial charge on any atom is 0.0632 e. The molecule has 1 aromatic heterocycles. The molecule has 2 aromatic rings. The van der Waals surface area contributed by atoms with Crippen molar-refractivity contribution in [3.63, 3.8) is 0 Å². The molecule has 0 bridgehead atoms. The molecule has 1 heterocycles. The molecule has 0 saturated heterocycles. The van der Waals surface area contributed by atoms with Gasteiger partial charge < -0.3 is 14.5 Å². The van der Waals surface area contributed by atoms with Gasteiger partial charge in [0.1, 0.15) is 0 Å². The molecule has 0 aliphatic carbocycles. The zero-order valence-corrected chi connectivity index (χ0v) is 8.74. The summed E-state index contributed by atoms with van der Waals surface area (Å²) in [5, 5.41) is 10.8. The molecule has 0 radical (unpaired) electrons. The summed E-state index contributed by atoms with van der Waals surface area (Å²) in [6.45, 7) is 0. The Bertz CT molecular complexity index is 448. The van der Waals surface area contributed by atoms with Crippen LogP contribution in [-0.4, -0.2) is 10.5 Å². The summed E-state index contributed by atoms with van der Waals surface area (Å²) in [6, 6.07) is 13.1. The number of aliphatic carboxylic acids is 1. The SMILES string of the molecule is O=C([O-])C[C@@H](c1ccccc1)n1cccc1. The lowest BCUT2D eigenvalue weighted by Gasteiger charge is -2.19. The number of rotatable bonds is 4. The molecule has 3 heteroatoms. The van der Waals surface area contributed by atoms with Crippen LogP contribution in [-0.2, 0) is 4.79 Å². The van der Waals surface area contributed by atoms with Gasteiger partial charge in [0, 0.05) is 24.8 Å². The van der Waals surface area contributed by atoms with Crippen molar-refractivity contribution in [2.75, 3.05) is 0 Å². The zero-order valence-electron chi connectivity index (χ0n) is 8.74. The molecule has 0 unspecified atom stereocenters. The van der Waals surface area contributed by atoms with Crippen molar-refractivity contribution in [1.82, 2.24) is 4.57 Å². The fraction of sp³-hybridized carbons (Fsp3) is 0.154. The molecule has 0 saturated carbocycles. The van der Waals surface area contributed by atoms with E-state index in [2.05, 4.69) is 0 Å². The predicted octanol–water partition coefficient (Wildman–Crippen LogP) is 1.22. The minimum absolute atomic E-state index is 0.0152. The third-order valence-electron chi connectivity index (χ3n) is 2.53. The van der Waals surface area contributed by atoms with E-state index in [1.54, 1.807) is 0 Å². The van der Waals surface area contributed by atoms with E-state index in [0.29, 0.717) is 0 Å². The van der Waals surface area contributed by atoms with Crippen LogP contribution < -0.4 is 5.11 Å². The van der Waals surface area contributed by atoms with E-state index in [4.69, 9.17) is 0 Å². The molecule has 0 amide bonds. The largest absolute Gasteiger partial charge is 0.550 e. The summed E-state index contributed by atoms with van der Waals surface area (Å²) >= 11 is 0. The minimum Gasteiger partial charge on any atom is -0.550 e. The predicted molar refractivity (Wildman–Crippen MR) is 58.6 cm³/mol. The Hall–Kier alpha value is -2.03. The van der Waals surface area contributed by atoms with Crippen molar-refractivity contribution in [1.29, 1.82) is 0 Å². The molecule has 0 aliphatic rings. The molecule has 0 spiro atoms. The normalized spacial score (nSPS) is 12.2. The van der Waals surface area contributed by atoms with Crippen LogP contribution >= 0.6 is 0 Å². The van der Waals surface area contributed by atoms with E-state index in [1.165, 1.54) is 0 Å². The van der Waals surface area contributed by atoms with Crippen LogP contribution in [0, 0.1) is 0 Å². The number of hydrogen-bond acceptors (Lipinski definition) is 2. The lowest BCUT2D eigenvalue weighted by molar-refractivity contribution is -0.306. The third kappa shape index (κ3) is 2.31. The van der Waals surface area contributed by atoms with Gasteiger partial charge in [-0.15, -0.1) is 0 Å². The summed E-state index contributed by atoms with van der Waals surface area (Å²) in [4.78, 5) is 10.8. The topological polar surface area (TPSA) is 45.1 Å². The van der Waals surface area contributed by atoms with Gasteiger partial charge in [-0.05, 0) is 17.7 Å². The Kier molecular flexibility index (Phi) is 3.05. The Balaban J connectivity index is 2.32. The van der Waals surface area contributed by atoms with Gasteiger partial charge in [0.25, 0.3) is 0 Å². The van der Waals surface area contributed by atoms with Gasteiger partial charge in [0.2, 0.25) is 0 Å². The number of carboxylic acids is 1. The molecule has 3 nitrogen and oxygen atoms in total. The van der Waals surface area contributed by atoms with Crippen LogP contribution in [0.15, 0.2) is 54.9 Å². The number of carboxylic acid groups (broad SMARTS) is 1. The highest BCUT2D eigenvalue weighted by molar-refractivity contribution is 5.65. The van der Waals surface area contributed by atoms with Crippen LogP contribution in [0.5, 0.6) is 0 Å². The van der Waals surface area contributed by atoms with E-state index < -0.39 is 5.97 Å². The molecular formula is C13H12NO2-. The zero-order chi connectivity index (χ0) is 11.4. The number of nitrogens with zero attached hydrogens (tertiary/aromatic N) is 1. The molecule has 16 heavy (non-hydrogen) atoms. The van der Waals surface area contributed by atoms with Crippen molar-refractivity contribution in [3.8, 4) is 0 Å². The average molecular weight is 214 g/mol. The summed E-state index contributed by atoms with van der Waals surface area (Å²) in [5.74, 6) is -1.04. The molecule has 2 rings (SSSR count). The quantitative estimate of drug-likeness (QED) is 0.768. The highest BCUT2D eigenvalue weighted by Gasteiger charge is 2.12. The number of aromatic nitrogens is 1. The summed E-state index contributed by atoms with van der Waals surface area (Å²) in [6.07, 6.45) is 3.71. The van der Waals surface area contributed by atoms with Crippen LogP contribution in [0.2, 0.25) is 0 Å². The molecule has 0 fully saturated rings. The maximum atomic E-state index is 10.8. The Labute approximate surface area is 94.0 Å². The van der Waals surface area contributed by atoms with Crippen molar-refractivity contribution < 1.29 is 9.90 Å². The Morgan fingerprint density at radius 3 is 2.31 bits per heavy atom. The van der Waals surface area contributed by atoms with Crippen LogP contribution in [0.3, 0.4) is 0 Å². The van der Waals surface area contributed by atoms with Crippen LogP contribution in [0.1, 0.15) is 18.0 Å². The van der Waals surface area contributed by atoms with E-state index in [9.17, 15) is 9.90 Å². The van der Waals surface area contributed by atoms with Gasteiger partial charge >= 0.3 is 0 Å². The number of carbonyl (C=O) groups is 1. The molecule has 82 valence electrons. The molecule has 1 atom stereocenters. The highest BCUT2D eigenvalue weighted by Crippen LogP contribution is 2.21. The Morgan fingerprint density at radius 1 is 1.12 bits per heavy atom. The molecule has 0 N–H and O–H groups in total. The van der Waals surface area contributed by atoms with Crippen molar-refractivity contribution in [2.45, 2.75) is 12.5 Å². The monoisotopic (exact) mass is 214 g/mol. The third-order valence-corrected chi connectivity index (χ3v) is 2.53. The summed E-state index contributed by atoms with van der Waals surface area (Å²) < 4.78 is 1.88. The van der Waals surface area contributed by atoms with Gasteiger partial charge in [-0.3, -0.25) is 0 Å². The van der Waals surface area contributed by atoms with Gasteiger partial charge in [-0.25, -0.2) is 0 Å². The fourth-order valence-electron chi connectivity index (χ4n) is 1.78. The summed E-state index contributed by atoms with van der Waals surface area (Å²) in [7, 11) is 0. The van der Waals surface area contributed by atoms with Crippen LogP contribution in [0.25, 0.3) is 0 Å². The number of hydrogen-bond donors (Lipinski definition) is 0. The molecule has 0 aliphatic heterocycles. The second kappa shape index (κ2) is 4.66. The first-order chi connectivity index (χ1) is 7.77. The smallest absolute Gasteiger partial charge is 0.0632 e. The lowest BCUT2D eigenvalue weighted by atomic mass is 10.0. The Morgan fingerprint density at radius 2 is 1.75 bits per heavy atom. The number of carbonyl (C=O) groups excluding carboxylic acids is 1. The second-order valence-corrected chi connectivity index (χ2v) is 3.63. The van der Waals surface area contributed by atoms with Gasteiger partial charge in [0.15, 0.2) is 0 Å². The van der Waals surface area contributed by atoms with Gasteiger partial charge in [-0.1, -0.05) is 30.3 Å². The van der Waals surface area contributed by atoms with E-state index >= 15 is 0 Å². The van der Waals surface area contributed by atoms with E-state index in [0.717, 1.165) is 5.56 Å². The van der Waals surface area contributed by atoms with Crippen LogP contribution in [0.4, 0.5) is 0 Å². The molecule has 1 aromatic carbocycles. The van der Waals surface area contributed by atoms with E-state index in [1.807, 2.05) is 59.4 Å². The standard InChI is InChI=1S/C13H13NO2/c15-13(16)10-12(14-8-4-5-9-14)11-6-2-1-3-7-11/h1-9,12H,10H2,(H,15,16)/p-1/t12-/m0/s1. The number of benzene rings is 1. The fourth-order valence-corrected chi connectivity index (χ4v) is 1.78. The van der Waals surface area contributed by atoms with E-state index in [-0.39, 0.29) is 12.5 Å². The van der Waals surface area contributed by atoms with Gasteiger partial charge in [-0.2, -0.15) is 0 Å². The first-order valence-electron chi connectivity index (χ1n) is 5.14. The first-order valence-corrected chi connectivity index (χ1v) is 5.14. The second-order valence-electron chi connectivity index (χ2n) is 3.63. The highest BCUT2D eigenvalue weighted by atomic mass is 16.4. The minimum atomic E-state index is -1.04. The van der Waals surface area contributed by atoms with Gasteiger partial charge in [0.05, 0.1) is 6.04 Å².